The number of nitrogens with zero attached hydrogens (tertiary/aromatic N) is 1. The van der Waals surface area contributed by atoms with Gasteiger partial charge >= 0.3 is 0 Å². The Balaban J connectivity index is 2.61. The van der Waals surface area contributed by atoms with Gasteiger partial charge < -0.3 is 4.74 Å². The van der Waals surface area contributed by atoms with Crippen molar-refractivity contribution >= 4 is 12.6 Å². The lowest BCUT2D eigenvalue weighted by Crippen LogP contribution is -2.21. The van der Waals surface area contributed by atoms with Gasteiger partial charge in [0.05, 0.1) is 7.11 Å². The van der Waals surface area contributed by atoms with Crippen molar-refractivity contribution in [2.75, 3.05) is 26.5 Å². The molecule has 3 heteroatoms. The van der Waals surface area contributed by atoms with Crippen LogP contribution in [-0.4, -0.2) is 31.4 Å². The minimum Gasteiger partial charge on any atom is -0.496 e. The van der Waals surface area contributed by atoms with Crippen molar-refractivity contribution < 1.29 is 4.74 Å². The molecule has 0 aromatic heterocycles. The third-order valence-corrected chi connectivity index (χ3v) is 2.80. The van der Waals surface area contributed by atoms with E-state index in [4.69, 9.17) is 4.74 Å². The molecule has 0 fully saturated rings. The fraction of sp³-hybridized carbons (Fsp3) is 0.385. The molecule has 0 amide bonds. The van der Waals surface area contributed by atoms with Crippen molar-refractivity contribution in [1.29, 1.82) is 0 Å². The zero-order chi connectivity index (χ0) is 12.0. The number of rotatable bonds is 6. The average Bonchev–Trinajstić information content (AvgIpc) is 2.29. The fourth-order valence-corrected chi connectivity index (χ4v) is 1.71. The highest BCUT2D eigenvalue weighted by Crippen LogP contribution is 2.18. The van der Waals surface area contributed by atoms with Crippen LogP contribution < -0.4 is 4.74 Å². The van der Waals surface area contributed by atoms with E-state index in [0.717, 1.165) is 30.2 Å². The van der Waals surface area contributed by atoms with Crippen molar-refractivity contribution in [3.63, 3.8) is 0 Å². The lowest BCUT2D eigenvalue weighted by Gasteiger charge is -2.18. The van der Waals surface area contributed by atoms with E-state index in [-0.39, 0.29) is 0 Å². The summed E-state index contributed by atoms with van der Waals surface area (Å²) in [4.78, 5) is 2.20. The number of thiol groups is 1. The molecule has 0 aliphatic carbocycles. The molecule has 0 aliphatic heterocycles. The van der Waals surface area contributed by atoms with Crippen LogP contribution in [0.2, 0.25) is 0 Å². The molecule has 0 atom stereocenters. The Hall–Kier alpha value is -0.930. The van der Waals surface area contributed by atoms with Crippen molar-refractivity contribution in [3.8, 4) is 5.75 Å². The smallest absolute Gasteiger partial charge is 0.123 e. The third kappa shape index (κ3) is 3.91. The number of likely N-dealkylation sites (N-methyl/N-ethyl adjacent to an activating group) is 1. The number of benzene rings is 1. The lowest BCUT2D eigenvalue weighted by atomic mass is 10.2. The molecule has 0 saturated carbocycles. The summed E-state index contributed by atoms with van der Waals surface area (Å²) >= 11 is 4.20. The van der Waals surface area contributed by atoms with Gasteiger partial charge in [-0.3, -0.25) is 4.90 Å². The van der Waals surface area contributed by atoms with Crippen molar-refractivity contribution in [3.05, 3.63) is 42.0 Å². The van der Waals surface area contributed by atoms with Gasteiger partial charge in [0, 0.05) is 24.4 Å². The molecule has 2 nitrogen and oxygen atoms in total. The van der Waals surface area contributed by atoms with E-state index >= 15 is 0 Å². The predicted molar refractivity (Wildman–Crippen MR) is 72.3 cm³/mol. The standard InChI is InChI=1S/C13H19NOS/c1-11(10-16)8-14(2)9-12-6-4-5-7-13(12)15-3/h4-7,16H,1,8-10H2,2-3H3. The highest BCUT2D eigenvalue weighted by Gasteiger charge is 2.05. The summed E-state index contributed by atoms with van der Waals surface area (Å²) in [5.41, 5.74) is 2.32. The molecule has 1 aromatic carbocycles. The van der Waals surface area contributed by atoms with Crippen LogP contribution in [0.3, 0.4) is 0 Å². The second-order valence-corrected chi connectivity index (χ2v) is 4.21. The van der Waals surface area contributed by atoms with E-state index in [1.165, 1.54) is 5.56 Å². The van der Waals surface area contributed by atoms with E-state index < -0.39 is 0 Å². The normalized spacial score (nSPS) is 10.5. The maximum Gasteiger partial charge on any atom is 0.123 e. The number of methoxy groups -OCH3 is 1. The highest BCUT2D eigenvalue weighted by atomic mass is 32.1. The van der Waals surface area contributed by atoms with Crippen molar-refractivity contribution in [1.82, 2.24) is 4.90 Å². The zero-order valence-corrected chi connectivity index (χ0v) is 10.8. The molecule has 0 unspecified atom stereocenters. The number of hydrogen-bond acceptors (Lipinski definition) is 3. The molecule has 0 aliphatic rings. The molecule has 0 N–H and O–H groups in total. The minimum absolute atomic E-state index is 0.732. The van der Waals surface area contributed by atoms with Crippen LogP contribution in [0.5, 0.6) is 5.75 Å². The Labute approximate surface area is 103 Å². The Morgan fingerprint density at radius 3 is 2.75 bits per heavy atom. The Morgan fingerprint density at radius 1 is 1.44 bits per heavy atom. The molecular formula is C13H19NOS. The highest BCUT2D eigenvalue weighted by molar-refractivity contribution is 7.80. The molecule has 16 heavy (non-hydrogen) atoms. The molecule has 0 heterocycles. The molecular weight excluding hydrogens is 218 g/mol. The molecule has 0 saturated heterocycles. The second-order valence-electron chi connectivity index (χ2n) is 3.89. The van der Waals surface area contributed by atoms with Gasteiger partial charge in [0.25, 0.3) is 0 Å². The summed E-state index contributed by atoms with van der Waals surface area (Å²) in [6.07, 6.45) is 0. The Morgan fingerprint density at radius 2 is 2.12 bits per heavy atom. The van der Waals surface area contributed by atoms with Crippen LogP contribution in [0.1, 0.15) is 5.56 Å². The molecule has 0 radical (unpaired) electrons. The maximum absolute atomic E-state index is 5.31. The first-order chi connectivity index (χ1) is 7.67. The van der Waals surface area contributed by atoms with Gasteiger partial charge in [0.2, 0.25) is 0 Å². The molecule has 88 valence electrons. The first-order valence-electron chi connectivity index (χ1n) is 5.25. The SMILES string of the molecule is C=C(CS)CN(C)Cc1ccccc1OC. The van der Waals surface area contributed by atoms with Gasteiger partial charge in [0.15, 0.2) is 0 Å². The van der Waals surface area contributed by atoms with Crippen LogP contribution in [0.4, 0.5) is 0 Å². The maximum atomic E-state index is 5.31. The Kier molecular flexibility index (Phi) is 5.43. The monoisotopic (exact) mass is 237 g/mol. The lowest BCUT2D eigenvalue weighted by molar-refractivity contribution is 0.341. The molecule has 1 rings (SSSR count). The van der Waals surface area contributed by atoms with Crippen LogP contribution in [0.25, 0.3) is 0 Å². The third-order valence-electron chi connectivity index (χ3n) is 2.35. The summed E-state index contributed by atoms with van der Waals surface area (Å²) in [6, 6.07) is 8.07. The van der Waals surface area contributed by atoms with Crippen LogP contribution in [0, 0.1) is 0 Å². The molecule has 0 bridgehead atoms. The van der Waals surface area contributed by atoms with Gasteiger partial charge in [-0.1, -0.05) is 30.4 Å². The minimum atomic E-state index is 0.732. The van der Waals surface area contributed by atoms with Crippen molar-refractivity contribution in [2.24, 2.45) is 0 Å². The predicted octanol–water partition coefficient (Wildman–Crippen LogP) is 2.61. The van der Waals surface area contributed by atoms with Crippen LogP contribution in [0.15, 0.2) is 36.4 Å². The van der Waals surface area contributed by atoms with E-state index in [2.05, 4.69) is 37.2 Å². The van der Waals surface area contributed by atoms with Gasteiger partial charge in [-0.2, -0.15) is 12.6 Å². The number of para-hydroxylation sites is 1. The van der Waals surface area contributed by atoms with Gasteiger partial charge in [-0.05, 0) is 13.1 Å². The molecule has 1 aromatic rings. The van der Waals surface area contributed by atoms with E-state index in [9.17, 15) is 0 Å². The molecule has 0 spiro atoms. The largest absolute Gasteiger partial charge is 0.496 e. The quantitative estimate of drug-likeness (QED) is 0.603. The van der Waals surface area contributed by atoms with E-state index in [1.54, 1.807) is 7.11 Å². The first-order valence-corrected chi connectivity index (χ1v) is 5.88. The van der Waals surface area contributed by atoms with Crippen LogP contribution >= 0.6 is 12.6 Å². The van der Waals surface area contributed by atoms with Crippen molar-refractivity contribution in [2.45, 2.75) is 6.54 Å². The summed E-state index contributed by atoms with van der Waals surface area (Å²) in [5.74, 6) is 1.67. The second kappa shape index (κ2) is 6.61. The van der Waals surface area contributed by atoms with Gasteiger partial charge in [0.1, 0.15) is 5.75 Å². The van der Waals surface area contributed by atoms with Gasteiger partial charge in [-0.25, -0.2) is 0 Å². The summed E-state index contributed by atoms with van der Waals surface area (Å²) in [6.45, 7) is 5.67. The number of hydrogen-bond donors (Lipinski definition) is 1. The summed E-state index contributed by atoms with van der Waals surface area (Å²) in [7, 11) is 3.77. The van der Waals surface area contributed by atoms with E-state index in [0.29, 0.717) is 0 Å². The van der Waals surface area contributed by atoms with Gasteiger partial charge in [-0.15, -0.1) is 0 Å². The van der Waals surface area contributed by atoms with Crippen LogP contribution in [-0.2, 0) is 6.54 Å². The summed E-state index contributed by atoms with van der Waals surface area (Å²) in [5, 5.41) is 0. The van der Waals surface area contributed by atoms with E-state index in [1.807, 2.05) is 18.2 Å². The fourth-order valence-electron chi connectivity index (χ4n) is 1.61. The topological polar surface area (TPSA) is 12.5 Å². The number of ether oxygens (including phenoxy) is 1. The summed E-state index contributed by atoms with van der Waals surface area (Å²) < 4.78 is 5.31. The first kappa shape index (κ1) is 13.1. The average molecular weight is 237 g/mol. The zero-order valence-electron chi connectivity index (χ0n) is 9.94. The Bertz CT molecular complexity index is 352.